The van der Waals surface area contributed by atoms with E-state index in [1.165, 1.54) is 44.6 Å². The lowest BCUT2D eigenvalue weighted by atomic mass is 9.55. The molecule has 0 aliphatic heterocycles. The zero-order valence-electron chi connectivity index (χ0n) is 12.7. The second kappa shape index (κ2) is 3.86. The molecule has 19 heavy (non-hydrogen) atoms. The zero-order valence-corrected chi connectivity index (χ0v) is 12.7. The average molecular weight is 262 g/mol. The van der Waals surface area contributed by atoms with Crippen LogP contribution in [-0.4, -0.2) is 12.6 Å². The summed E-state index contributed by atoms with van der Waals surface area (Å²) in [7, 11) is 0. The van der Waals surface area contributed by atoms with Crippen LogP contribution in [-0.2, 0) is 9.53 Å². The minimum absolute atomic E-state index is 0.128. The minimum atomic E-state index is -0.136. The fraction of sp³-hybridized carbons (Fsp3) is 0.824. The van der Waals surface area contributed by atoms with E-state index in [-0.39, 0.29) is 11.4 Å². The van der Waals surface area contributed by atoms with Crippen molar-refractivity contribution in [2.24, 2.45) is 22.2 Å². The van der Waals surface area contributed by atoms with Crippen molar-refractivity contribution in [2.75, 3.05) is 6.61 Å². The van der Waals surface area contributed by atoms with Crippen molar-refractivity contribution in [1.82, 2.24) is 0 Å². The van der Waals surface area contributed by atoms with Gasteiger partial charge in [-0.15, -0.1) is 0 Å². The van der Waals surface area contributed by atoms with Crippen molar-refractivity contribution in [3.63, 3.8) is 0 Å². The summed E-state index contributed by atoms with van der Waals surface area (Å²) < 4.78 is 5.52. The number of carbonyl (C=O) groups excluding carboxylic acids is 1. The Morgan fingerprint density at radius 3 is 2.84 bits per heavy atom. The average Bonchev–Trinajstić information content (AvgIpc) is 2.86. The van der Waals surface area contributed by atoms with E-state index < -0.39 is 0 Å². The van der Waals surface area contributed by atoms with Crippen LogP contribution in [0.3, 0.4) is 0 Å². The molecule has 0 N–H and O–H groups in total. The summed E-state index contributed by atoms with van der Waals surface area (Å²) in [6.45, 7) is 9.27. The standard InChI is InChI=1S/C17H26O2/c1-12-6-9-16(11-19-14(3)18)13(2)10-15(4)7-5-8-17(12,15)16/h10,12H,5-9,11H2,1-4H3/t12-,15+,16+,17-/m1/s1. The molecule has 0 saturated heterocycles. The van der Waals surface area contributed by atoms with Crippen LogP contribution in [0, 0.1) is 22.2 Å². The molecule has 3 rings (SSSR count). The summed E-state index contributed by atoms with van der Waals surface area (Å²) in [5, 5.41) is 0. The Balaban J connectivity index is 2.06. The molecule has 0 aromatic rings. The fourth-order valence-electron chi connectivity index (χ4n) is 6.15. The van der Waals surface area contributed by atoms with E-state index in [1.807, 2.05) is 0 Å². The summed E-state index contributed by atoms with van der Waals surface area (Å²) in [6, 6.07) is 0. The second-order valence-corrected chi connectivity index (χ2v) is 7.37. The van der Waals surface area contributed by atoms with Gasteiger partial charge in [0.25, 0.3) is 0 Å². The van der Waals surface area contributed by atoms with Crippen LogP contribution in [0.15, 0.2) is 11.6 Å². The maximum Gasteiger partial charge on any atom is 0.302 e. The van der Waals surface area contributed by atoms with Crippen LogP contribution in [0.5, 0.6) is 0 Å². The molecule has 0 radical (unpaired) electrons. The van der Waals surface area contributed by atoms with Gasteiger partial charge in [0.15, 0.2) is 0 Å². The molecule has 0 amide bonds. The first kappa shape index (κ1) is 13.2. The second-order valence-electron chi connectivity index (χ2n) is 7.37. The molecule has 1 spiro atoms. The quantitative estimate of drug-likeness (QED) is 0.553. The summed E-state index contributed by atoms with van der Waals surface area (Å²) in [6.07, 6.45) is 8.93. The fourth-order valence-corrected chi connectivity index (χ4v) is 6.15. The number of hydrogen-bond donors (Lipinski definition) is 0. The predicted molar refractivity (Wildman–Crippen MR) is 75.6 cm³/mol. The van der Waals surface area contributed by atoms with Gasteiger partial charge in [-0.1, -0.05) is 31.9 Å². The lowest BCUT2D eigenvalue weighted by Gasteiger charge is -2.49. The van der Waals surface area contributed by atoms with Gasteiger partial charge in [-0.3, -0.25) is 4.79 Å². The molecule has 4 atom stereocenters. The van der Waals surface area contributed by atoms with Gasteiger partial charge in [0.2, 0.25) is 0 Å². The van der Waals surface area contributed by atoms with Crippen molar-refractivity contribution in [2.45, 2.75) is 59.8 Å². The normalized spacial score (nSPS) is 47.8. The summed E-state index contributed by atoms with van der Waals surface area (Å²) in [5.41, 5.74) is 2.29. The Kier molecular flexibility index (Phi) is 2.69. The van der Waals surface area contributed by atoms with Crippen molar-refractivity contribution in [1.29, 1.82) is 0 Å². The van der Waals surface area contributed by atoms with Crippen LogP contribution < -0.4 is 0 Å². The third kappa shape index (κ3) is 1.35. The van der Waals surface area contributed by atoms with Crippen LogP contribution in [0.4, 0.5) is 0 Å². The number of esters is 1. The van der Waals surface area contributed by atoms with Crippen LogP contribution in [0.25, 0.3) is 0 Å². The van der Waals surface area contributed by atoms with Gasteiger partial charge in [0.05, 0.1) is 0 Å². The van der Waals surface area contributed by atoms with Crippen molar-refractivity contribution in [3.8, 4) is 0 Å². The topological polar surface area (TPSA) is 26.3 Å². The highest BCUT2D eigenvalue weighted by Crippen LogP contribution is 2.77. The van der Waals surface area contributed by atoms with Gasteiger partial charge >= 0.3 is 5.97 Å². The molecule has 0 unspecified atom stereocenters. The van der Waals surface area contributed by atoms with Gasteiger partial charge in [0.1, 0.15) is 6.61 Å². The van der Waals surface area contributed by atoms with Crippen molar-refractivity contribution >= 4 is 5.97 Å². The summed E-state index contributed by atoms with van der Waals surface area (Å²) in [4.78, 5) is 11.3. The summed E-state index contributed by atoms with van der Waals surface area (Å²) >= 11 is 0. The van der Waals surface area contributed by atoms with Crippen LogP contribution in [0.1, 0.15) is 59.8 Å². The van der Waals surface area contributed by atoms with E-state index in [1.54, 1.807) is 0 Å². The molecule has 2 nitrogen and oxygen atoms in total. The predicted octanol–water partition coefficient (Wildman–Crippen LogP) is 4.10. The largest absolute Gasteiger partial charge is 0.465 e. The third-order valence-electron chi connectivity index (χ3n) is 6.80. The Morgan fingerprint density at radius 2 is 2.16 bits per heavy atom. The highest BCUT2D eigenvalue weighted by molar-refractivity contribution is 5.66. The van der Waals surface area contributed by atoms with Gasteiger partial charge in [-0.2, -0.15) is 0 Å². The minimum Gasteiger partial charge on any atom is -0.465 e. The highest BCUT2D eigenvalue weighted by atomic mass is 16.5. The maximum absolute atomic E-state index is 11.3. The third-order valence-corrected chi connectivity index (χ3v) is 6.80. The summed E-state index contributed by atoms with van der Waals surface area (Å²) in [5.74, 6) is 0.604. The number of rotatable bonds is 2. The monoisotopic (exact) mass is 262 g/mol. The smallest absolute Gasteiger partial charge is 0.302 e. The first-order valence-electron chi connectivity index (χ1n) is 7.71. The first-order valence-corrected chi connectivity index (χ1v) is 7.71. The number of hydrogen-bond acceptors (Lipinski definition) is 2. The Labute approximate surface area is 116 Å². The molecule has 2 saturated carbocycles. The van der Waals surface area contributed by atoms with Crippen molar-refractivity contribution in [3.05, 3.63) is 11.6 Å². The van der Waals surface area contributed by atoms with E-state index in [4.69, 9.17) is 4.74 Å². The van der Waals surface area contributed by atoms with Gasteiger partial charge in [-0.25, -0.2) is 0 Å². The number of carbonyl (C=O) groups is 1. The molecule has 2 fully saturated rings. The maximum atomic E-state index is 11.3. The van der Waals surface area contributed by atoms with Gasteiger partial charge in [0, 0.05) is 12.3 Å². The highest BCUT2D eigenvalue weighted by Gasteiger charge is 2.71. The van der Waals surface area contributed by atoms with Gasteiger partial charge in [-0.05, 0) is 49.4 Å². The molecular formula is C17H26O2. The molecule has 0 heterocycles. The lowest BCUT2D eigenvalue weighted by molar-refractivity contribution is -0.147. The SMILES string of the molecule is CC(=O)OC[C@]12CC[C@@H](C)[C@@]13CCC[C@@]3(C)C=C2C. The van der Waals surface area contributed by atoms with E-state index in [2.05, 4.69) is 26.8 Å². The molecular weight excluding hydrogens is 236 g/mol. The first-order chi connectivity index (χ1) is 8.88. The van der Waals surface area contributed by atoms with Crippen molar-refractivity contribution < 1.29 is 9.53 Å². The molecule has 0 aromatic heterocycles. The zero-order chi connectivity index (χ0) is 13.9. The Bertz CT molecular complexity index is 452. The van der Waals surface area contributed by atoms with E-state index in [0.717, 1.165) is 5.92 Å². The van der Waals surface area contributed by atoms with Crippen LogP contribution >= 0.6 is 0 Å². The molecule has 0 aromatic carbocycles. The van der Waals surface area contributed by atoms with Gasteiger partial charge < -0.3 is 4.74 Å². The molecule has 0 bridgehead atoms. The van der Waals surface area contributed by atoms with E-state index in [9.17, 15) is 4.79 Å². The van der Waals surface area contributed by atoms with E-state index >= 15 is 0 Å². The van der Waals surface area contributed by atoms with E-state index in [0.29, 0.717) is 17.4 Å². The Morgan fingerprint density at radius 1 is 1.42 bits per heavy atom. The number of allylic oxidation sites excluding steroid dienone is 1. The molecule has 2 heteroatoms. The molecule has 3 aliphatic carbocycles. The molecule has 106 valence electrons. The lowest BCUT2D eigenvalue weighted by Crippen LogP contribution is -2.47. The van der Waals surface area contributed by atoms with Crippen LogP contribution in [0.2, 0.25) is 0 Å². The number of ether oxygens (including phenoxy) is 1. The molecule has 3 aliphatic rings. The Hall–Kier alpha value is -0.790.